The molecule has 0 radical (unpaired) electrons. The lowest BCUT2D eigenvalue weighted by Crippen LogP contribution is -2.17. The van der Waals surface area contributed by atoms with E-state index in [9.17, 15) is 10.1 Å². The van der Waals surface area contributed by atoms with E-state index < -0.39 is 5.91 Å². The third-order valence-corrected chi connectivity index (χ3v) is 4.66. The van der Waals surface area contributed by atoms with Gasteiger partial charge in [-0.05, 0) is 30.7 Å². The van der Waals surface area contributed by atoms with Crippen molar-refractivity contribution in [1.29, 1.82) is 5.26 Å². The smallest absolute Gasteiger partial charge is 0.252 e. The number of nitriles is 1. The van der Waals surface area contributed by atoms with Gasteiger partial charge < -0.3 is 16.4 Å². The molecule has 0 aliphatic carbocycles. The highest BCUT2D eigenvalue weighted by molar-refractivity contribution is 6.02. The minimum Gasteiger partial charge on any atom is -0.371 e. The molecule has 0 atom stereocenters. The van der Waals surface area contributed by atoms with E-state index in [1.165, 1.54) is 23.3 Å². The molecule has 4 heterocycles. The summed E-state index contributed by atoms with van der Waals surface area (Å²) >= 11 is 0. The molecular weight excluding hydrogens is 436 g/mol. The Labute approximate surface area is 193 Å². The molecule has 0 bridgehead atoms. The first-order chi connectivity index (χ1) is 16.5. The lowest BCUT2D eigenvalue weighted by atomic mass is 10.1. The van der Waals surface area contributed by atoms with E-state index in [1.807, 2.05) is 6.07 Å². The Morgan fingerprint density at radius 1 is 1.12 bits per heavy atom. The number of anilines is 3. The number of azo groups is 1. The van der Waals surface area contributed by atoms with Crippen LogP contribution in [0.5, 0.6) is 0 Å². The molecule has 0 fully saturated rings. The highest BCUT2D eigenvalue weighted by Gasteiger charge is 2.22. The summed E-state index contributed by atoms with van der Waals surface area (Å²) in [6, 6.07) is 8.95. The SMILES string of the molecule is CNc1nc(Nc2ccccn2)c(C(N)=O)c(C)c1/N=N/c1c(C#N)cnn1-c1ncccn1. The number of carbonyl (C=O) groups is 1. The van der Waals surface area contributed by atoms with Gasteiger partial charge in [-0.2, -0.15) is 15.0 Å². The van der Waals surface area contributed by atoms with Crippen molar-refractivity contribution in [2.24, 2.45) is 16.0 Å². The van der Waals surface area contributed by atoms with Crippen LogP contribution in [0.3, 0.4) is 0 Å². The normalized spacial score (nSPS) is 10.7. The first-order valence-corrected chi connectivity index (χ1v) is 9.91. The van der Waals surface area contributed by atoms with E-state index in [0.717, 1.165) is 0 Å². The molecule has 0 aromatic carbocycles. The zero-order chi connectivity index (χ0) is 24.1. The molecule has 168 valence electrons. The Morgan fingerprint density at radius 3 is 2.53 bits per heavy atom. The van der Waals surface area contributed by atoms with Gasteiger partial charge in [-0.15, -0.1) is 10.2 Å². The van der Waals surface area contributed by atoms with E-state index >= 15 is 0 Å². The average Bonchev–Trinajstić information content (AvgIpc) is 3.27. The van der Waals surface area contributed by atoms with Gasteiger partial charge >= 0.3 is 0 Å². The van der Waals surface area contributed by atoms with Crippen LogP contribution in [0.4, 0.5) is 29.0 Å². The van der Waals surface area contributed by atoms with Gasteiger partial charge in [0.25, 0.3) is 11.9 Å². The van der Waals surface area contributed by atoms with E-state index in [-0.39, 0.29) is 34.4 Å². The first kappa shape index (κ1) is 22.0. The summed E-state index contributed by atoms with van der Waals surface area (Å²) in [6.07, 6.45) is 6.02. The molecule has 0 aliphatic heterocycles. The van der Waals surface area contributed by atoms with Gasteiger partial charge in [-0.3, -0.25) is 4.79 Å². The highest BCUT2D eigenvalue weighted by atomic mass is 16.1. The molecule has 34 heavy (non-hydrogen) atoms. The van der Waals surface area contributed by atoms with Crippen molar-refractivity contribution in [3.8, 4) is 12.0 Å². The fraction of sp³-hybridized carbons (Fsp3) is 0.0952. The van der Waals surface area contributed by atoms with Crippen LogP contribution in [0.2, 0.25) is 0 Å². The monoisotopic (exact) mass is 454 g/mol. The number of nitrogens with zero attached hydrogens (tertiary/aromatic N) is 9. The standard InChI is InChI=1S/C21H18N12O/c1-12-15(17(23)34)18(29-14-6-3-4-7-25-14)30-19(24-2)16(12)31-32-20-13(10-22)11-28-33(20)21-26-8-5-9-27-21/h3-9,11H,1-2H3,(H2,23,34)(H2,24,25,29,30)/b32-31+. The number of hydrogen-bond donors (Lipinski definition) is 3. The van der Waals surface area contributed by atoms with Gasteiger partial charge in [0, 0.05) is 25.6 Å². The minimum absolute atomic E-state index is 0.117. The van der Waals surface area contributed by atoms with Crippen molar-refractivity contribution in [2.75, 3.05) is 17.7 Å². The Kier molecular flexibility index (Phi) is 6.13. The molecule has 0 aliphatic rings. The second-order valence-electron chi connectivity index (χ2n) is 6.77. The maximum absolute atomic E-state index is 12.3. The molecule has 4 aromatic heterocycles. The minimum atomic E-state index is -0.706. The average molecular weight is 454 g/mol. The number of amides is 1. The molecule has 0 saturated heterocycles. The van der Waals surface area contributed by atoms with Gasteiger partial charge in [0.1, 0.15) is 29.0 Å². The van der Waals surface area contributed by atoms with Crippen molar-refractivity contribution in [3.05, 3.63) is 65.7 Å². The lowest BCUT2D eigenvalue weighted by Gasteiger charge is -2.15. The molecule has 0 saturated carbocycles. The molecule has 4 rings (SSSR count). The van der Waals surface area contributed by atoms with Crippen LogP contribution in [0.1, 0.15) is 21.5 Å². The summed E-state index contributed by atoms with van der Waals surface area (Å²) in [7, 11) is 1.65. The second kappa shape index (κ2) is 9.49. The van der Waals surface area contributed by atoms with Crippen molar-refractivity contribution in [3.63, 3.8) is 0 Å². The summed E-state index contributed by atoms with van der Waals surface area (Å²) in [5.41, 5.74) is 6.63. The number of carbonyl (C=O) groups excluding carboxylic acids is 1. The summed E-state index contributed by atoms with van der Waals surface area (Å²) in [5, 5.41) is 28.1. The maximum atomic E-state index is 12.3. The van der Waals surface area contributed by atoms with Gasteiger partial charge in [0.05, 0.1) is 11.8 Å². The summed E-state index contributed by atoms with van der Waals surface area (Å²) in [4.78, 5) is 29.2. The topological polar surface area (TPSA) is 185 Å². The van der Waals surface area contributed by atoms with Crippen LogP contribution in [0, 0.1) is 18.3 Å². The van der Waals surface area contributed by atoms with Crippen LogP contribution in [0.25, 0.3) is 5.95 Å². The fourth-order valence-corrected chi connectivity index (χ4v) is 3.10. The van der Waals surface area contributed by atoms with E-state index in [0.29, 0.717) is 17.2 Å². The van der Waals surface area contributed by atoms with Crippen LogP contribution in [-0.2, 0) is 0 Å². The third kappa shape index (κ3) is 4.23. The largest absolute Gasteiger partial charge is 0.371 e. The van der Waals surface area contributed by atoms with Crippen molar-refractivity contribution in [1.82, 2.24) is 29.7 Å². The Morgan fingerprint density at radius 2 is 1.88 bits per heavy atom. The molecule has 13 nitrogen and oxygen atoms in total. The number of pyridine rings is 2. The van der Waals surface area contributed by atoms with E-state index in [4.69, 9.17) is 5.73 Å². The zero-order valence-electron chi connectivity index (χ0n) is 18.1. The number of nitrogens with one attached hydrogen (secondary N) is 2. The van der Waals surface area contributed by atoms with Gasteiger partial charge in [-0.1, -0.05) is 6.07 Å². The molecule has 0 unspecified atom stereocenters. The molecule has 0 spiro atoms. The van der Waals surface area contributed by atoms with Crippen LogP contribution < -0.4 is 16.4 Å². The summed E-state index contributed by atoms with van der Waals surface area (Å²) in [5.74, 6) is 0.653. The van der Waals surface area contributed by atoms with Crippen LogP contribution in [-0.4, -0.2) is 42.7 Å². The highest BCUT2D eigenvalue weighted by Crippen LogP contribution is 2.36. The first-order valence-electron chi connectivity index (χ1n) is 9.91. The van der Waals surface area contributed by atoms with E-state index in [2.05, 4.69) is 45.9 Å². The van der Waals surface area contributed by atoms with Gasteiger partial charge in [0.2, 0.25) is 0 Å². The van der Waals surface area contributed by atoms with E-state index in [1.54, 1.807) is 44.4 Å². The van der Waals surface area contributed by atoms with Gasteiger partial charge in [0.15, 0.2) is 11.6 Å². The Bertz CT molecular complexity index is 1410. The number of aromatic nitrogens is 6. The number of hydrogen-bond acceptors (Lipinski definition) is 11. The number of nitrogens with two attached hydrogens (primary N) is 1. The van der Waals surface area contributed by atoms with Gasteiger partial charge in [-0.25, -0.2) is 19.9 Å². The molecular formula is C21H18N12O. The summed E-state index contributed by atoms with van der Waals surface area (Å²) in [6.45, 7) is 1.67. The second-order valence-corrected chi connectivity index (χ2v) is 6.77. The zero-order valence-corrected chi connectivity index (χ0v) is 18.1. The van der Waals surface area contributed by atoms with Crippen LogP contribution in [0.15, 0.2) is 59.3 Å². The predicted molar refractivity (Wildman–Crippen MR) is 123 cm³/mol. The molecule has 1 amide bonds. The number of primary amides is 1. The lowest BCUT2D eigenvalue weighted by molar-refractivity contribution is 0.100. The Balaban J connectivity index is 1.82. The number of rotatable bonds is 7. The van der Waals surface area contributed by atoms with Crippen LogP contribution >= 0.6 is 0 Å². The predicted octanol–water partition coefficient (Wildman–Crippen LogP) is 2.93. The molecule has 4 N–H and O–H groups in total. The van der Waals surface area contributed by atoms with Crippen molar-refractivity contribution < 1.29 is 4.79 Å². The van der Waals surface area contributed by atoms with Crippen molar-refractivity contribution in [2.45, 2.75) is 6.92 Å². The van der Waals surface area contributed by atoms with Crippen molar-refractivity contribution >= 4 is 34.9 Å². The molecule has 13 heteroatoms. The maximum Gasteiger partial charge on any atom is 0.252 e. The Hall–Kier alpha value is -5.25. The third-order valence-electron chi connectivity index (χ3n) is 4.66. The molecule has 4 aromatic rings. The quantitative estimate of drug-likeness (QED) is 0.353. The summed E-state index contributed by atoms with van der Waals surface area (Å²) < 4.78 is 1.29. The fourth-order valence-electron chi connectivity index (χ4n) is 3.10.